The first-order valence-electron chi connectivity index (χ1n) is 13.9. The lowest BCUT2D eigenvalue weighted by molar-refractivity contribution is -0.145. The molecule has 1 saturated carbocycles. The third kappa shape index (κ3) is 4.10. The van der Waals surface area contributed by atoms with Gasteiger partial charge in [0, 0.05) is 11.7 Å². The van der Waals surface area contributed by atoms with E-state index in [2.05, 4.69) is 10.6 Å². The van der Waals surface area contributed by atoms with Gasteiger partial charge in [-0.2, -0.15) is 0 Å². The number of carbonyl (C=O) groups excluding carboxylic acids is 3. The lowest BCUT2D eigenvalue weighted by Gasteiger charge is -2.38. The Balaban J connectivity index is 1.37. The maximum Gasteiger partial charge on any atom is 0.246 e. The topological polar surface area (TPSA) is 108 Å². The van der Waals surface area contributed by atoms with E-state index < -0.39 is 35.6 Å². The van der Waals surface area contributed by atoms with Crippen LogP contribution in [0.4, 0.5) is 5.69 Å². The van der Waals surface area contributed by atoms with E-state index in [1.165, 1.54) is 4.90 Å². The predicted molar refractivity (Wildman–Crippen MR) is 141 cm³/mol. The van der Waals surface area contributed by atoms with Crippen molar-refractivity contribution < 1.29 is 24.2 Å². The van der Waals surface area contributed by atoms with Crippen LogP contribution in [-0.2, 0) is 19.1 Å². The van der Waals surface area contributed by atoms with Crippen LogP contribution in [0.1, 0.15) is 56.6 Å². The van der Waals surface area contributed by atoms with Crippen LogP contribution < -0.4 is 10.6 Å². The van der Waals surface area contributed by atoms with E-state index in [1.54, 1.807) is 0 Å². The molecular weight excluding hydrogens is 482 g/mol. The van der Waals surface area contributed by atoms with Crippen molar-refractivity contribution in [2.24, 2.45) is 11.8 Å². The average molecular weight is 518 g/mol. The summed E-state index contributed by atoms with van der Waals surface area (Å²) in [4.78, 5) is 43.5. The van der Waals surface area contributed by atoms with Gasteiger partial charge >= 0.3 is 0 Å². The number of fused-ring (bicyclic) bond motifs is 1. The van der Waals surface area contributed by atoms with Crippen molar-refractivity contribution >= 4 is 23.4 Å². The number of hydrogen-bond donors (Lipinski definition) is 3. The third-order valence-electron chi connectivity index (χ3n) is 8.98. The number of aliphatic hydroxyl groups excluding tert-OH is 1. The Morgan fingerprint density at radius 3 is 2.34 bits per heavy atom. The Kier molecular flexibility index (Phi) is 6.70. The van der Waals surface area contributed by atoms with E-state index in [0.29, 0.717) is 18.5 Å². The van der Waals surface area contributed by atoms with Crippen LogP contribution in [0.3, 0.4) is 0 Å². The fourth-order valence-electron chi connectivity index (χ4n) is 7.33. The number of aliphatic hydroxyl groups is 1. The van der Waals surface area contributed by atoms with Crippen molar-refractivity contribution in [2.45, 2.75) is 74.8 Å². The van der Waals surface area contributed by atoms with Gasteiger partial charge in [-0.15, -0.1) is 0 Å². The molecule has 8 heteroatoms. The standard InChI is InChI=1S/C30H35N3O5/c34-18-22(19-10-4-1-5-11-19)33-26(28(36)32-21-14-8-3-9-15-21)30-17-16-23(38-30)24(25(30)29(33)37)27(35)31-20-12-6-2-7-13-20/h1-2,4-7,10-13,21-26,34H,3,8-9,14-18H2,(H,31,35)(H,32,36)/t22-,23+,24-,25+,26?,30?/m1/s1. The summed E-state index contributed by atoms with van der Waals surface area (Å²) in [6.07, 6.45) is 5.82. The molecule has 4 aliphatic rings. The van der Waals surface area contributed by atoms with Crippen LogP contribution in [0.5, 0.6) is 0 Å². The Morgan fingerprint density at radius 1 is 0.974 bits per heavy atom. The number of hydrogen-bond acceptors (Lipinski definition) is 5. The minimum atomic E-state index is -1.10. The largest absolute Gasteiger partial charge is 0.394 e. The normalized spacial score (nSPS) is 31.2. The molecule has 3 N–H and O–H groups in total. The molecule has 6 atom stereocenters. The summed E-state index contributed by atoms with van der Waals surface area (Å²) in [5.74, 6) is -2.31. The van der Waals surface area contributed by atoms with E-state index in [-0.39, 0.29) is 30.4 Å². The predicted octanol–water partition coefficient (Wildman–Crippen LogP) is 3.18. The molecule has 2 aromatic rings. The van der Waals surface area contributed by atoms with E-state index >= 15 is 0 Å². The number of anilines is 1. The third-order valence-corrected chi connectivity index (χ3v) is 8.98. The summed E-state index contributed by atoms with van der Waals surface area (Å²) in [7, 11) is 0. The number of rotatable bonds is 7. The highest BCUT2D eigenvalue weighted by Crippen LogP contribution is 2.59. The Labute approximate surface area is 222 Å². The number of ether oxygens (including phenoxy) is 1. The molecule has 3 amide bonds. The molecule has 38 heavy (non-hydrogen) atoms. The van der Waals surface area contributed by atoms with Crippen LogP contribution in [0.15, 0.2) is 60.7 Å². The summed E-state index contributed by atoms with van der Waals surface area (Å²) in [5.41, 5.74) is 0.303. The highest BCUT2D eigenvalue weighted by atomic mass is 16.5. The van der Waals surface area contributed by atoms with E-state index in [4.69, 9.17) is 4.74 Å². The van der Waals surface area contributed by atoms with Gasteiger partial charge in [-0.25, -0.2) is 0 Å². The number of likely N-dealkylation sites (tertiary alicyclic amines) is 1. The first-order valence-corrected chi connectivity index (χ1v) is 13.9. The van der Waals surface area contributed by atoms with Crippen molar-refractivity contribution in [2.75, 3.05) is 11.9 Å². The number of nitrogens with one attached hydrogen (secondary N) is 2. The van der Waals surface area contributed by atoms with Gasteiger partial charge in [0.2, 0.25) is 17.7 Å². The van der Waals surface area contributed by atoms with Crippen molar-refractivity contribution in [3.8, 4) is 0 Å². The first-order chi connectivity index (χ1) is 18.5. The van der Waals surface area contributed by atoms with Gasteiger partial charge in [0.1, 0.15) is 11.6 Å². The zero-order valence-corrected chi connectivity index (χ0v) is 21.4. The van der Waals surface area contributed by atoms with E-state index in [9.17, 15) is 19.5 Å². The second-order valence-corrected chi connectivity index (χ2v) is 11.1. The molecule has 3 aliphatic heterocycles. The van der Waals surface area contributed by atoms with Crippen LogP contribution in [0.25, 0.3) is 0 Å². The molecule has 3 heterocycles. The van der Waals surface area contributed by atoms with Gasteiger partial charge in [-0.05, 0) is 43.4 Å². The van der Waals surface area contributed by atoms with E-state index in [0.717, 1.165) is 37.7 Å². The molecule has 8 nitrogen and oxygen atoms in total. The average Bonchev–Trinajstić information content (AvgIpc) is 3.59. The monoisotopic (exact) mass is 517 g/mol. The summed E-state index contributed by atoms with van der Waals surface area (Å²) in [5, 5.41) is 16.7. The molecule has 6 rings (SSSR count). The summed E-state index contributed by atoms with van der Waals surface area (Å²) < 4.78 is 6.54. The molecule has 2 unspecified atom stereocenters. The highest BCUT2D eigenvalue weighted by molar-refractivity contribution is 6.02. The second kappa shape index (κ2) is 10.2. The fraction of sp³-hybridized carbons (Fsp3) is 0.500. The van der Waals surface area contributed by atoms with Crippen LogP contribution in [-0.4, -0.2) is 58.1 Å². The van der Waals surface area contributed by atoms with Gasteiger partial charge in [0.05, 0.1) is 30.6 Å². The number of carbonyl (C=O) groups is 3. The van der Waals surface area contributed by atoms with Crippen LogP contribution in [0, 0.1) is 11.8 Å². The number of benzene rings is 2. The van der Waals surface area contributed by atoms with Gasteiger partial charge in [-0.1, -0.05) is 67.8 Å². The molecule has 3 saturated heterocycles. The van der Waals surface area contributed by atoms with Crippen LogP contribution >= 0.6 is 0 Å². The van der Waals surface area contributed by atoms with E-state index in [1.807, 2.05) is 60.7 Å². The molecule has 2 aromatic carbocycles. The van der Waals surface area contributed by atoms with Crippen molar-refractivity contribution in [3.63, 3.8) is 0 Å². The van der Waals surface area contributed by atoms with Crippen molar-refractivity contribution in [1.29, 1.82) is 0 Å². The minimum absolute atomic E-state index is 0.0590. The van der Waals surface area contributed by atoms with Gasteiger partial charge in [0.25, 0.3) is 0 Å². The summed E-state index contributed by atoms with van der Waals surface area (Å²) >= 11 is 0. The second-order valence-electron chi connectivity index (χ2n) is 11.1. The molecule has 200 valence electrons. The highest BCUT2D eigenvalue weighted by Gasteiger charge is 2.75. The molecule has 0 radical (unpaired) electrons. The fourth-order valence-corrected chi connectivity index (χ4v) is 7.33. The zero-order valence-electron chi connectivity index (χ0n) is 21.4. The maximum atomic E-state index is 14.3. The van der Waals surface area contributed by atoms with Gasteiger partial charge < -0.3 is 25.4 Å². The molecule has 4 fully saturated rings. The Morgan fingerprint density at radius 2 is 1.66 bits per heavy atom. The first kappa shape index (κ1) is 25.1. The van der Waals surface area contributed by atoms with Crippen molar-refractivity contribution in [3.05, 3.63) is 66.2 Å². The SMILES string of the molecule is O=C(NC1CCCCC1)C1N([C@H](CO)c2ccccc2)C(=O)[C@@H]2[C@H](C(=O)Nc3ccccc3)[C@@H]3CCC12O3. The maximum absolute atomic E-state index is 14.3. The Hall–Kier alpha value is -3.23. The summed E-state index contributed by atoms with van der Waals surface area (Å²) in [6.45, 7) is -0.337. The minimum Gasteiger partial charge on any atom is -0.394 e. The number of amides is 3. The van der Waals surface area contributed by atoms with Crippen LogP contribution in [0.2, 0.25) is 0 Å². The Bertz CT molecular complexity index is 1180. The lowest BCUT2D eigenvalue weighted by atomic mass is 9.70. The molecule has 2 bridgehead atoms. The molecule has 1 spiro atoms. The zero-order chi connectivity index (χ0) is 26.3. The smallest absolute Gasteiger partial charge is 0.246 e. The van der Waals surface area contributed by atoms with Crippen molar-refractivity contribution in [1.82, 2.24) is 10.2 Å². The molecular formula is C30H35N3O5. The van der Waals surface area contributed by atoms with Gasteiger partial charge in [-0.3, -0.25) is 14.4 Å². The quantitative estimate of drug-likeness (QED) is 0.523. The lowest BCUT2D eigenvalue weighted by Crippen LogP contribution is -2.57. The van der Waals surface area contributed by atoms with Gasteiger partial charge in [0.15, 0.2) is 0 Å². The number of para-hydroxylation sites is 1. The summed E-state index contributed by atoms with van der Waals surface area (Å²) in [6, 6.07) is 16.9. The number of nitrogens with zero attached hydrogens (tertiary/aromatic N) is 1. The molecule has 1 aliphatic carbocycles. The molecule has 0 aromatic heterocycles.